The molecule has 3 rings (SSSR count). The largest absolute Gasteiger partial charge is 0.491 e. The molecule has 2 aromatic rings. The van der Waals surface area contributed by atoms with Gasteiger partial charge >= 0.3 is 6.09 Å². The Hall–Kier alpha value is -2.35. The molecule has 0 atom stereocenters. The van der Waals surface area contributed by atoms with E-state index in [2.05, 4.69) is 20.9 Å². The van der Waals surface area contributed by atoms with E-state index in [4.69, 9.17) is 9.47 Å². The van der Waals surface area contributed by atoms with Gasteiger partial charge in [-0.05, 0) is 54.4 Å². The van der Waals surface area contributed by atoms with Crippen molar-refractivity contribution >= 4 is 27.8 Å². The molecule has 0 saturated heterocycles. The molecule has 7 nitrogen and oxygen atoms in total. The monoisotopic (exact) mass is 435 g/mol. The van der Waals surface area contributed by atoms with Crippen molar-refractivity contribution in [3.8, 4) is 5.75 Å². The lowest BCUT2D eigenvalue weighted by Crippen LogP contribution is -2.29. The highest BCUT2D eigenvalue weighted by Gasteiger charge is 2.22. The van der Waals surface area contributed by atoms with Crippen LogP contribution >= 0.6 is 15.9 Å². The molecule has 1 aromatic carbocycles. The summed E-state index contributed by atoms with van der Waals surface area (Å²) >= 11 is 3.48. The van der Waals surface area contributed by atoms with Gasteiger partial charge in [-0.2, -0.15) is 0 Å². The Morgan fingerprint density at radius 1 is 1.33 bits per heavy atom. The first-order valence-electron chi connectivity index (χ1n) is 8.62. The van der Waals surface area contributed by atoms with Crippen LogP contribution in [0.1, 0.15) is 43.1 Å². The van der Waals surface area contributed by atoms with Crippen LogP contribution in [0.25, 0.3) is 0 Å². The molecule has 0 fully saturated rings. The molecular weight excluding hydrogens is 414 g/mol. The minimum absolute atomic E-state index is 0.0653. The highest BCUT2D eigenvalue weighted by molar-refractivity contribution is 9.10. The SMILES string of the molecule is Cn1ccn(Cc2cc(Br)c3c(c2)C(=O)CCO3)c1=NC(=O)OC(C)(C)C. The first kappa shape index (κ1) is 19.4. The van der Waals surface area contributed by atoms with Gasteiger partial charge in [0.15, 0.2) is 5.78 Å². The second-order valence-corrected chi connectivity index (χ2v) is 8.26. The molecule has 144 valence electrons. The second-order valence-electron chi connectivity index (χ2n) is 7.41. The van der Waals surface area contributed by atoms with Crippen molar-refractivity contribution < 1.29 is 19.1 Å². The van der Waals surface area contributed by atoms with E-state index in [-0.39, 0.29) is 5.78 Å². The summed E-state index contributed by atoms with van der Waals surface area (Å²) in [6.07, 6.45) is 3.37. The number of ether oxygens (including phenoxy) is 2. The first-order chi connectivity index (χ1) is 12.6. The van der Waals surface area contributed by atoms with Crippen LogP contribution in [0.5, 0.6) is 5.75 Å². The second kappa shape index (κ2) is 7.34. The van der Waals surface area contributed by atoms with Crippen LogP contribution in [0.3, 0.4) is 0 Å². The number of carbonyl (C=O) groups excluding carboxylic acids is 2. The third-order valence-corrected chi connectivity index (χ3v) is 4.55. The van der Waals surface area contributed by atoms with Crippen molar-refractivity contribution in [1.29, 1.82) is 0 Å². The van der Waals surface area contributed by atoms with E-state index in [1.54, 1.807) is 32.4 Å². The fraction of sp³-hybridized carbons (Fsp3) is 0.421. The van der Waals surface area contributed by atoms with Crippen LogP contribution in [0.4, 0.5) is 4.79 Å². The van der Waals surface area contributed by atoms with Gasteiger partial charge in [-0.1, -0.05) is 0 Å². The van der Waals surface area contributed by atoms with Crippen molar-refractivity contribution in [1.82, 2.24) is 9.13 Å². The number of aryl methyl sites for hydroxylation is 1. The number of Topliss-reactive ketones (excluding diaryl/α,β-unsaturated/α-hetero) is 1. The molecule has 0 spiro atoms. The Kier molecular flexibility index (Phi) is 5.28. The number of imidazole rings is 1. The molecule has 0 N–H and O–H groups in total. The highest BCUT2D eigenvalue weighted by Crippen LogP contribution is 2.34. The predicted molar refractivity (Wildman–Crippen MR) is 103 cm³/mol. The van der Waals surface area contributed by atoms with E-state index >= 15 is 0 Å². The van der Waals surface area contributed by atoms with E-state index in [1.165, 1.54) is 0 Å². The number of nitrogens with zero attached hydrogens (tertiary/aromatic N) is 3. The number of fused-ring (bicyclic) bond motifs is 1. The maximum Gasteiger partial charge on any atom is 0.437 e. The van der Waals surface area contributed by atoms with Gasteiger partial charge in [-0.15, -0.1) is 4.99 Å². The molecule has 1 aliphatic rings. The maximum absolute atomic E-state index is 12.2. The normalized spacial score (nSPS) is 14.7. The zero-order chi connectivity index (χ0) is 19.8. The van der Waals surface area contributed by atoms with E-state index in [0.29, 0.717) is 36.5 Å². The lowest BCUT2D eigenvalue weighted by Gasteiger charge is -2.19. The fourth-order valence-electron chi connectivity index (χ4n) is 2.82. The summed E-state index contributed by atoms with van der Waals surface area (Å²) in [5.74, 6) is 0.655. The summed E-state index contributed by atoms with van der Waals surface area (Å²) in [6, 6.07) is 3.74. The molecule has 0 radical (unpaired) electrons. The summed E-state index contributed by atoms with van der Waals surface area (Å²) in [6.45, 7) is 6.23. The van der Waals surface area contributed by atoms with Crippen LogP contribution in [-0.2, 0) is 18.3 Å². The summed E-state index contributed by atoms with van der Waals surface area (Å²) < 4.78 is 15.2. The van der Waals surface area contributed by atoms with Crippen molar-refractivity contribution in [3.63, 3.8) is 0 Å². The molecule has 27 heavy (non-hydrogen) atoms. The number of benzene rings is 1. The van der Waals surface area contributed by atoms with Crippen molar-refractivity contribution in [2.45, 2.75) is 39.3 Å². The van der Waals surface area contributed by atoms with Gasteiger partial charge in [-0.25, -0.2) is 4.79 Å². The number of halogens is 1. The fourth-order valence-corrected chi connectivity index (χ4v) is 3.44. The summed E-state index contributed by atoms with van der Waals surface area (Å²) in [5, 5.41) is 0. The minimum Gasteiger partial charge on any atom is -0.491 e. The number of hydrogen-bond donors (Lipinski definition) is 0. The van der Waals surface area contributed by atoms with Crippen LogP contribution in [0.15, 0.2) is 34.0 Å². The molecule has 0 saturated carbocycles. The average molecular weight is 436 g/mol. The molecule has 0 aliphatic carbocycles. The van der Waals surface area contributed by atoms with Gasteiger partial charge < -0.3 is 18.6 Å². The number of carbonyl (C=O) groups is 2. The van der Waals surface area contributed by atoms with Crippen LogP contribution < -0.4 is 10.4 Å². The first-order valence-corrected chi connectivity index (χ1v) is 9.41. The number of hydrogen-bond acceptors (Lipinski definition) is 4. The maximum atomic E-state index is 12.2. The summed E-state index contributed by atoms with van der Waals surface area (Å²) in [5.41, 5.74) is 1.32. The summed E-state index contributed by atoms with van der Waals surface area (Å²) in [7, 11) is 1.81. The third kappa shape index (κ3) is 4.50. The number of amides is 1. The molecule has 1 amide bonds. The topological polar surface area (TPSA) is 74.8 Å². The Labute approximate surface area is 165 Å². The van der Waals surface area contributed by atoms with Gasteiger partial charge in [0.2, 0.25) is 5.62 Å². The minimum atomic E-state index is -0.645. The van der Waals surface area contributed by atoms with Gasteiger partial charge in [0, 0.05) is 25.9 Å². The van der Waals surface area contributed by atoms with Gasteiger partial charge in [0.05, 0.1) is 23.2 Å². The quantitative estimate of drug-likeness (QED) is 0.723. The Balaban J connectivity index is 1.94. The molecule has 8 heteroatoms. The number of rotatable bonds is 2. The van der Waals surface area contributed by atoms with Crippen LogP contribution in [0.2, 0.25) is 0 Å². The Morgan fingerprint density at radius 2 is 2.07 bits per heavy atom. The van der Waals surface area contributed by atoms with Gasteiger partial charge in [0.25, 0.3) is 0 Å². The lowest BCUT2D eigenvalue weighted by atomic mass is 10.0. The molecule has 0 bridgehead atoms. The standard InChI is InChI=1S/C19H22BrN3O4/c1-19(2,3)27-18(25)21-17-22(4)6-7-23(17)11-12-9-13-15(24)5-8-26-16(13)14(20)10-12/h6-7,9-10H,5,8,11H2,1-4H3. The van der Waals surface area contributed by atoms with E-state index in [9.17, 15) is 9.59 Å². The Morgan fingerprint density at radius 3 is 2.78 bits per heavy atom. The zero-order valence-electron chi connectivity index (χ0n) is 15.8. The van der Waals surface area contributed by atoms with Crippen LogP contribution in [0, 0.1) is 0 Å². The van der Waals surface area contributed by atoms with Crippen molar-refractivity contribution in [2.24, 2.45) is 12.0 Å². The molecule has 1 aliphatic heterocycles. The highest BCUT2D eigenvalue weighted by atomic mass is 79.9. The van der Waals surface area contributed by atoms with E-state index in [0.717, 1.165) is 10.0 Å². The predicted octanol–water partition coefficient (Wildman–Crippen LogP) is 3.44. The van der Waals surface area contributed by atoms with Gasteiger partial charge in [0.1, 0.15) is 11.4 Å². The summed E-state index contributed by atoms with van der Waals surface area (Å²) in [4.78, 5) is 28.4. The number of ketones is 1. The molecule has 1 aromatic heterocycles. The molecular formula is C19H22BrN3O4. The van der Waals surface area contributed by atoms with E-state index in [1.807, 2.05) is 29.1 Å². The average Bonchev–Trinajstić information content (AvgIpc) is 2.87. The number of aromatic nitrogens is 2. The van der Waals surface area contributed by atoms with E-state index < -0.39 is 11.7 Å². The van der Waals surface area contributed by atoms with Crippen LogP contribution in [-0.4, -0.2) is 33.2 Å². The molecule has 2 heterocycles. The van der Waals surface area contributed by atoms with Crippen molar-refractivity contribution in [3.05, 3.63) is 45.7 Å². The van der Waals surface area contributed by atoms with Crippen molar-refractivity contribution in [2.75, 3.05) is 6.61 Å². The smallest absolute Gasteiger partial charge is 0.437 e. The lowest BCUT2D eigenvalue weighted by molar-refractivity contribution is 0.0593. The van der Waals surface area contributed by atoms with Gasteiger partial charge in [-0.3, -0.25) is 4.79 Å². The third-order valence-electron chi connectivity index (χ3n) is 3.96. The zero-order valence-corrected chi connectivity index (χ0v) is 17.4. The molecule has 0 unspecified atom stereocenters. The Bertz CT molecular complexity index is 966.